The quantitative estimate of drug-likeness (QED) is 0.246. The van der Waals surface area contributed by atoms with Crippen molar-refractivity contribution >= 4 is 34.7 Å². The van der Waals surface area contributed by atoms with Crippen LogP contribution in [0.5, 0.6) is 11.5 Å². The predicted molar refractivity (Wildman–Crippen MR) is 136 cm³/mol. The molecule has 1 aliphatic heterocycles. The van der Waals surface area contributed by atoms with E-state index in [0.717, 1.165) is 5.56 Å². The molecule has 3 aromatic carbocycles. The van der Waals surface area contributed by atoms with Gasteiger partial charge >= 0.3 is 0 Å². The minimum Gasteiger partial charge on any atom is -0.507 e. The molecule has 1 fully saturated rings. The van der Waals surface area contributed by atoms with E-state index in [9.17, 15) is 14.7 Å². The van der Waals surface area contributed by atoms with Crippen LogP contribution in [0.15, 0.2) is 72.3 Å². The largest absolute Gasteiger partial charge is 0.507 e. The summed E-state index contributed by atoms with van der Waals surface area (Å²) in [5.41, 5.74) is 2.40. The highest BCUT2D eigenvalue weighted by Gasteiger charge is 2.47. The molecular formula is C28H26ClNO5. The molecule has 0 spiro atoms. The van der Waals surface area contributed by atoms with Gasteiger partial charge in [0.25, 0.3) is 11.7 Å². The number of Topliss-reactive ketones (excluding diaryl/α,β-unsaturated/α-hetero) is 1. The van der Waals surface area contributed by atoms with Gasteiger partial charge in [-0.3, -0.25) is 14.5 Å². The fourth-order valence-corrected chi connectivity index (χ4v) is 4.32. The summed E-state index contributed by atoms with van der Waals surface area (Å²) in [6.45, 7) is 6.67. The van der Waals surface area contributed by atoms with E-state index in [4.69, 9.17) is 21.1 Å². The van der Waals surface area contributed by atoms with Crippen LogP contribution in [0.1, 0.15) is 36.6 Å². The van der Waals surface area contributed by atoms with Crippen LogP contribution in [-0.2, 0) is 9.59 Å². The van der Waals surface area contributed by atoms with Crippen molar-refractivity contribution in [2.24, 2.45) is 0 Å². The van der Waals surface area contributed by atoms with Crippen LogP contribution in [0.4, 0.5) is 5.69 Å². The van der Waals surface area contributed by atoms with E-state index in [1.165, 1.54) is 4.90 Å². The molecule has 1 N–H and O–H groups in total. The molecule has 1 unspecified atom stereocenters. The van der Waals surface area contributed by atoms with Crippen LogP contribution in [-0.4, -0.2) is 30.0 Å². The Bertz CT molecular complexity index is 1280. The average Bonchev–Trinajstić information content (AvgIpc) is 3.11. The van der Waals surface area contributed by atoms with Gasteiger partial charge in [0.15, 0.2) is 0 Å². The number of ketones is 1. The number of hydrogen-bond donors (Lipinski definition) is 1. The van der Waals surface area contributed by atoms with E-state index in [1.54, 1.807) is 66.7 Å². The Morgan fingerprint density at radius 2 is 1.60 bits per heavy atom. The van der Waals surface area contributed by atoms with E-state index < -0.39 is 17.7 Å². The zero-order chi connectivity index (χ0) is 25.1. The molecule has 1 heterocycles. The molecule has 0 radical (unpaired) electrons. The van der Waals surface area contributed by atoms with E-state index in [0.29, 0.717) is 46.5 Å². The fraction of sp³-hybridized carbons (Fsp3) is 0.214. The molecule has 7 heteroatoms. The molecule has 1 atom stereocenters. The van der Waals surface area contributed by atoms with Gasteiger partial charge < -0.3 is 14.6 Å². The molecule has 3 aromatic rings. The smallest absolute Gasteiger partial charge is 0.300 e. The van der Waals surface area contributed by atoms with Crippen LogP contribution in [0.2, 0.25) is 5.02 Å². The number of amides is 1. The molecular weight excluding hydrogens is 466 g/mol. The van der Waals surface area contributed by atoms with Gasteiger partial charge in [-0.1, -0.05) is 23.7 Å². The van der Waals surface area contributed by atoms with Crippen molar-refractivity contribution in [3.8, 4) is 11.5 Å². The SMILES string of the molecule is CCOc1ccc(C2/C(=C(/O)c3ccc(OCC)c(C)c3)C(=O)C(=O)N2c2ccc(Cl)cc2)cc1. The number of rotatable bonds is 7. The van der Waals surface area contributed by atoms with E-state index in [-0.39, 0.29) is 11.3 Å². The topological polar surface area (TPSA) is 76.1 Å². The molecule has 1 amide bonds. The maximum atomic E-state index is 13.3. The first kappa shape index (κ1) is 24.4. The first-order chi connectivity index (χ1) is 16.8. The van der Waals surface area contributed by atoms with Crippen molar-refractivity contribution in [3.63, 3.8) is 0 Å². The van der Waals surface area contributed by atoms with Gasteiger partial charge in [0.1, 0.15) is 17.3 Å². The maximum absolute atomic E-state index is 13.3. The zero-order valence-electron chi connectivity index (χ0n) is 19.7. The number of aliphatic hydroxyl groups excluding tert-OH is 1. The molecule has 6 nitrogen and oxygen atoms in total. The number of aliphatic hydroxyl groups is 1. The second-order valence-corrected chi connectivity index (χ2v) is 8.50. The Morgan fingerprint density at radius 1 is 0.943 bits per heavy atom. The Kier molecular flexibility index (Phi) is 7.12. The van der Waals surface area contributed by atoms with Crippen molar-refractivity contribution in [1.29, 1.82) is 0 Å². The number of nitrogens with zero attached hydrogens (tertiary/aromatic N) is 1. The van der Waals surface area contributed by atoms with Crippen LogP contribution in [0, 0.1) is 6.92 Å². The number of anilines is 1. The Balaban J connectivity index is 1.88. The third kappa shape index (κ3) is 4.75. The van der Waals surface area contributed by atoms with E-state index in [1.807, 2.05) is 20.8 Å². The average molecular weight is 492 g/mol. The van der Waals surface area contributed by atoms with Crippen molar-refractivity contribution in [2.45, 2.75) is 26.8 Å². The van der Waals surface area contributed by atoms with E-state index in [2.05, 4.69) is 0 Å². The Hall–Kier alpha value is -3.77. The summed E-state index contributed by atoms with van der Waals surface area (Å²) in [4.78, 5) is 27.9. The minimum atomic E-state index is -0.835. The molecule has 0 bridgehead atoms. The summed E-state index contributed by atoms with van der Waals surface area (Å²) in [6, 6.07) is 18.1. The second kappa shape index (κ2) is 10.2. The summed E-state index contributed by atoms with van der Waals surface area (Å²) in [5.74, 6) is -0.376. The standard InChI is InChI=1S/C28H26ClNO5/c1-4-34-22-13-6-18(7-14-22)25-24(26(31)19-8-15-23(35-5-2)17(3)16-19)27(32)28(33)30(25)21-11-9-20(29)10-12-21/h6-16,25,31H,4-5H2,1-3H3/b26-24-. The van der Waals surface area contributed by atoms with Crippen LogP contribution < -0.4 is 14.4 Å². The molecule has 0 aliphatic carbocycles. The molecule has 4 rings (SSSR count). The van der Waals surface area contributed by atoms with Gasteiger partial charge in [0.2, 0.25) is 0 Å². The van der Waals surface area contributed by atoms with Gasteiger partial charge in [-0.2, -0.15) is 0 Å². The van der Waals surface area contributed by atoms with Crippen molar-refractivity contribution in [3.05, 3.63) is 94.0 Å². The number of ether oxygens (including phenoxy) is 2. The van der Waals surface area contributed by atoms with Crippen LogP contribution in [0.3, 0.4) is 0 Å². The Morgan fingerprint density at radius 3 is 2.20 bits per heavy atom. The number of hydrogen-bond acceptors (Lipinski definition) is 5. The lowest BCUT2D eigenvalue weighted by molar-refractivity contribution is -0.132. The summed E-state index contributed by atoms with van der Waals surface area (Å²) in [7, 11) is 0. The number of aryl methyl sites for hydroxylation is 1. The lowest BCUT2D eigenvalue weighted by Crippen LogP contribution is -2.29. The third-order valence-electron chi connectivity index (χ3n) is 5.80. The van der Waals surface area contributed by atoms with Crippen LogP contribution in [0.25, 0.3) is 5.76 Å². The van der Waals surface area contributed by atoms with Gasteiger partial charge in [-0.05, 0) is 86.5 Å². The molecule has 180 valence electrons. The number of carbonyl (C=O) groups excluding carboxylic acids is 2. The molecule has 1 aliphatic rings. The summed E-state index contributed by atoms with van der Waals surface area (Å²) in [5, 5.41) is 11.8. The summed E-state index contributed by atoms with van der Waals surface area (Å²) < 4.78 is 11.1. The first-order valence-corrected chi connectivity index (χ1v) is 11.8. The summed E-state index contributed by atoms with van der Waals surface area (Å²) >= 11 is 6.05. The third-order valence-corrected chi connectivity index (χ3v) is 6.06. The number of carbonyl (C=O) groups is 2. The van der Waals surface area contributed by atoms with Gasteiger partial charge in [-0.25, -0.2) is 0 Å². The number of halogens is 1. The van der Waals surface area contributed by atoms with E-state index >= 15 is 0 Å². The predicted octanol–water partition coefficient (Wildman–Crippen LogP) is 6.07. The highest BCUT2D eigenvalue weighted by Crippen LogP contribution is 2.43. The monoisotopic (exact) mass is 491 g/mol. The van der Waals surface area contributed by atoms with Crippen molar-refractivity contribution in [2.75, 3.05) is 18.1 Å². The first-order valence-electron chi connectivity index (χ1n) is 11.4. The fourth-order valence-electron chi connectivity index (χ4n) is 4.20. The Labute approximate surface area is 209 Å². The highest BCUT2D eigenvalue weighted by atomic mass is 35.5. The lowest BCUT2D eigenvalue weighted by Gasteiger charge is -2.25. The second-order valence-electron chi connectivity index (χ2n) is 8.06. The zero-order valence-corrected chi connectivity index (χ0v) is 20.5. The number of benzene rings is 3. The lowest BCUT2D eigenvalue weighted by atomic mass is 9.94. The normalized spacial score (nSPS) is 17.0. The van der Waals surface area contributed by atoms with Gasteiger partial charge in [-0.15, -0.1) is 0 Å². The van der Waals surface area contributed by atoms with Crippen molar-refractivity contribution < 1.29 is 24.2 Å². The van der Waals surface area contributed by atoms with Crippen LogP contribution >= 0.6 is 11.6 Å². The minimum absolute atomic E-state index is 0.0117. The van der Waals surface area contributed by atoms with Crippen molar-refractivity contribution in [1.82, 2.24) is 0 Å². The molecule has 1 saturated heterocycles. The maximum Gasteiger partial charge on any atom is 0.300 e. The molecule has 0 saturated carbocycles. The summed E-state index contributed by atoms with van der Waals surface area (Å²) in [6.07, 6.45) is 0. The highest BCUT2D eigenvalue weighted by molar-refractivity contribution is 6.51. The molecule has 0 aromatic heterocycles. The van der Waals surface area contributed by atoms with Gasteiger partial charge in [0.05, 0.1) is 24.8 Å². The van der Waals surface area contributed by atoms with Gasteiger partial charge in [0, 0.05) is 16.3 Å². The molecule has 35 heavy (non-hydrogen) atoms.